The molecule has 108 valence electrons. The van der Waals surface area contributed by atoms with Crippen molar-refractivity contribution in [1.82, 2.24) is 4.90 Å². The lowest BCUT2D eigenvalue weighted by molar-refractivity contribution is -0.251. The molecule has 0 aromatic heterocycles. The highest BCUT2D eigenvalue weighted by Crippen LogP contribution is 2.61. The molecule has 1 saturated carbocycles. The summed E-state index contributed by atoms with van der Waals surface area (Å²) in [4.78, 5) is 11.9. The van der Waals surface area contributed by atoms with E-state index in [0.717, 1.165) is 4.90 Å². The summed E-state index contributed by atoms with van der Waals surface area (Å²) in [5, 5.41) is 10.7. The average Bonchev–Trinajstić information content (AvgIpc) is 2.35. The molecule has 20 heavy (non-hydrogen) atoms. The number of hydrogen-bond donors (Lipinski definition) is 1. The predicted molar refractivity (Wildman–Crippen MR) is 64.6 cm³/mol. The quantitative estimate of drug-likeness (QED) is 0.858. The summed E-state index contributed by atoms with van der Waals surface area (Å²) in [6.07, 6.45) is -3.68. The van der Waals surface area contributed by atoms with Crippen molar-refractivity contribution < 1.29 is 23.1 Å². The molecule has 1 saturated heterocycles. The number of benzene rings is 1. The fourth-order valence-corrected chi connectivity index (χ4v) is 3.31. The van der Waals surface area contributed by atoms with Crippen LogP contribution in [0.1, 0.15) is 18.4 Å². The number of rotatable bonds is 1. The van der Waals surface area contributed by atoms with Crippen molar-refractivity contribution in [2.45, 2.75) is 24.6 Å². The highest BCUT2D eigenvalue weighted by Gasteiger charge is 2.66. The number of nitrogens with zero attached hydrogens (tertiary/aromatic N) is 1. The summed E-state index contributed by atoms with van der Waals surface area (Å²) < 4.78 is 37.1. The summed E-state index contributed by atoms with van der Waals surface area (Å²) in [5.41, 5.74) is -1.02. The summed E-state index contributed by atoms with van der Waals surface area (Å²) in [5.74, 6) is -1.81. The van der Waals surface area contributed by atoms with Gasteiger partial charge in [0.2, 0.25) is 0 Å². The number of hydrogen-bond acceptors (Lipinski definition) is 2. The van der Waals surface area contributed by atoms with Gasteiger partial charge in [-0.3, -0.25) is 4.79 Å². The molecule has 1 aromatic rings. The second-order valence-electron chi connectivity index (χ2n) is 5.67. The van der Waals surface area contributed by atoms with Gasteiger partial charge in [0, 0.05) is 18.5 Å². The molecule has 1 aliphatic carbocycles. The highest BCUT2D eigenvalue weighted by atomic mass is 19.4. The molecule has 1 spiro atoms. The number of amides is 1. The molecule has 2 fully saturated rings. The number of aliphatic hydroxyl groups is 1. The molecule has 3 rings (SSSR count). The first-order valence-corrected chi connectivity index (χ1v) is 6.43. The van der Waals surface area contributed by atoms with Crippen LogP contribution in [0, 0.1) is 5.41 Å². The molecular weight excluding hydrogens is 271 g/mol. The highest BCUT2D eigenvalue weighted by molar-refractivity contribution is 5.83. The molecule has 1 aromatic carbocycles. The molecule has 1 aliphatic heterocycles. The normalized spacial score (nSPS) is 27.9. The van der Waals surface area contributed by atoms with Crippen LogP contribution in [0.25, 0.3) is 0 Å². The van der Waals surface area contributed by atoms with E-state index in [0.29, 0.717) is 18.4 Å². The number of halogens is 3. The number of carbonyl (C=O) groups is 1. The Labute approximate surface area is 114 Å². The Hall–Kier alpha value is -1.56. The maximum atomic E-state index is 12.4. The Balaban J connectivity index is 1.76. The third-order valence-corrected chi connectivity index (χ3v) is 4.61. The first-order chi connectivity index (χ1) is 9.29. The van der Waals surface area contributed by atoms with E-state index in [4.69, 9.17) is 0 Å². The largest absolute Gasteiger partial charge is 0.471 e. The molecule has 3 nitrogen and oxygen atoms in total. The standard InChI is InChI=1S/C14H14F3NO2/c15-14(16,17)11(19)18-8-12(9-18)6-7-13(12,20)10-4-2-1-3-5-10/h1-5,20H,6-9H2. The Morgan fingerprint density at radius 3 is 2.20 bits per heavy atom. The monoisotopic (exact) mass is 285 g/mol. The minimum absolute atomic E-state index is 0.0310. The van der Waals surface area contributed by atoms with E-state index < -0.39 is 23.1 Å². The smallest absolute Gasteiger partial charge is 0.384 e. The maximum absolute atomic E-state index is 12.4. The SMILES string of the molecule is O=C(N1CC2(CCC2(O)c2ccccc2)C1)C(F)(F)F. The summed E-state index contributed by atoms with van der Waals surface area (Å²) >= 11 is 0. The maximum Gasteiger partial charge on any atom is 0.471 e. The fraction of sp³-hybridized carbons (Fsp3) is 0.500. The topological polar surface area (TPSA) is 40.5 Å². The van der Waals surface area contributed by atoms with Gasteiger partial charge in [-0.2, -0.15) is 13.2 Å². The van der Waals surface area contributed by atoms with Gasteiger partial charge in [0.15, 0.2) is 0 Å². The Kier molecular flexibility index (Phi) is 2.67. The molecule has 1 unspecified atom stereocenters. The van der Waals surface area contributed by atoms with Crippen LogP contribution in [0.3, 0.4) is 0 Å². The minimum Gasteiger partial charge on any atom is -0.384 e. The lowest BCUT2D eigenvalue weighted by Crippen LogP contribution is -2.73. The van der Waals surface area contributed by atoms with Crippen molar-refractivity contribution in [2.75, 3.05) is 13.1 Å². The van der Waals surface area contributed by atoms with Gasteiger partial charge in [-0.15, -0.1) is 0 Å². The lowest BCUT2D eigenvalue weighted by atomic mass is 9.50. The van der Waals surface area contributed by atoms with Gasteiger partial charge < -0.3 is 10.0 Å². The molecule has 2 aliphatic rings. The van der Waals surface area contributed by atoms with E-state index >= 15 is 0 Å². The third kappa shape index (κ3) is 1.67. The molecule has 6 heteroatoms. The Morgan fingerprint density at radius 2 is 1.75 bits per heavy atom. The second kappa shape index (κ2) is 3.97. The van der Waals surface area contributed by atoms with E-state index in [1.54, 1.807) is 24.3 Å². The van der Waals surface area contributed by atoms with E-state index in [1.807, 2.05) is 6.07 Å². The molecule has 1 atom stereocenters. The van der Waals surface area contributed by atoms with Crippen LogP contribution in [0.15, 0.2) is 30.3 Å². The van der Waals surface area contributed by atoms with Crippen molar-refractivity contribution in [3.8, 4) is 0 Å². The van der Waals surface area contributed by atoms with Gasteiger partial charge >= 0.3 is 12.1 Å². The van der Waals surface area contributed by atoms with Crippen molar-refractivity contribution in [2.24, 2.45) is 5.41 Å². The number of likely N-dealkylation sites (tertiary alicyclic amines) is 1. The van der Waals surface area contributed by atoms with Gasteiger partial charge in [-0.05, 0) is 18.4 Å². The van der Waals surface area contributed by atoms with Gasteiger partial charge in [-0.25, -0.2) is 0 Å². The molecular formula is C14H14F3NO2. The van der Waals surface area contributed by atoms with Crippen molar-refractivity contribution in [1.29, 1.82) is 0 Å². The van der Waals surface area contributed by atoms with Gasteiger partial charge in [-0.1, -0.05) is 30.3 Å². The van der Waals surface area contributed by atoms with E-state index in [1.165, 1.54) is 0 Å². The van der Waals surface area contributed by atoms with E-state index in [-0.39, 0.29) is 13.1 Å². The van der Waals surface area contributed by atoms with Crippen LogP contribution >= 0.6 is 0 Å². The molecule has 1 heterocycles. The predicted octanol–water partition coefficient (Wildman–Crippen LogP) is 2.06. The molecule has 0 bridgehead atoms. The van der Waals surface area contributed by atoms with Crippen LogP contribution in [-0.2, 0) is 10.4 Å². The lowest BCUT2D eigenvalue weighted by Gasteiger charge is -2.65. The fourth-order valence-electron chi connectivity index (χ4n) is 3.31. The van der Waals surface area contributed by atoms with E-state index in [2.05, 4.69) is 0 Å². The Bertz CT molecular complexity index is 537. The van der Waals surface area contributed by atoms with Crippen LogP contribution in [-0.4, -0.2) is 35.2 Å². The van der Waals surface area contributed by atoms with Crippen LogP contribution in [0.4, 0.5) is 13.2 Å². The van der Waals surface area contributed by atoms with Gasteiger partial charge in [0.05, 0.1) is 5.60 Å². The average molecular weight is 285 g/mol. The van der Waals surface area contributed by atoms with Gasteiger partial charge in [0.25, 0.3) is 0 Å². The first-order valence-electron chi connectivity index (χ1n) is 6.43. The number of carbonyl (C=O) groups excluding carboxylic acids is 1. The molecule has 1 N–H and O–H groups in total. The van der Waals surface area contributed by atoms with E-state index in [9.17, 15) is 23.1 Å². The summed E-state index contributed by atoms with van der Waals surface area (Å²) in [6, 6.07) is 8.94. The minimum atomic E-state index is -4.84. The Morgan fingerprint density at radius 1 is 1.15 bits per heavy atom. The zero-order valence-corrected chi connectivity index (χ0v) is 10.7. The van der Waals surface area contributed by atoms with Crippen molar-refractivity contribution >= 4 is 5.91 Å². The van der Waals surface area contributed by atoms with Crippen molar-refractivity contribution in [3.63, 3.8) is 0 Å². The summed E-state index contributed by atoms with van der Waals surface area (Å²) in [7, 11) is 0. The van der Waals surface area contributed by atoms with Crippen LogP contribution in [0.2, 0.25) is 0 Å². The zero-order valence-electron chi connectivity index (χ0n) is 10.7. The molecule has 1 amide bonds. The summed E-state index contributed by atoms with van der Waals surface area (Å²) in [6.45, 7) is -0.0620. The second-order valence-corrected chi connectivity index (χ2v) is 5.67. The zero-order chi connectivity index (χ0) is 14.6. The third-order valence-electron chi connectivity index (χ3n) is 4.61. The number of alkyl halides is 3. The molecule has 0 radical (unpaired) electrons. The van der Waals surface area contributed by atoms with Crippen molar-refractivity contribution in [3.05, 3.63) is 35.9 Å². The van der Waals surface area contributed by atoms with Crippen LogP contribution < -0.4 is 0 Å². The van der Waals surface area contributed by atoms with Crippen LogP contribution in [0.5, 0.6) is 0 Å². The first kappa shape index (κ1) is 13.4. The van der Waals surface area contributed by atoms with Gasteiger partial charge in [0.1, 0.15) is 0 Å².